The summed E-state index contributed by atoms with van der Waals surface area (Å²) in [6.45, 7) is 0. The minimum Gasteiger partial charge on any atom is -0.355 e. The summed E-state index contributed by atoms with van der Waals surface area (Å²) in [6.07, 6.45) is 0. The molecule has 32 heavy (non-hydrogen) atoms. The molecule has 5 heteroatoms. The summed E-state index contributed by atoms with van der Waals surface area (Å²) in [7, 11) is 0. The number of ketones is 2. The number of carbonyl (C=O) groups is 3. The molecule has 5 nitrogen and oxygen atoms in total. The number of para-hydroxylation sites is 1. The van der Waals surface area contributed by atoms with Gasteiger partial charge >= 0.3 is 0 Å². The minimum atomic E-state index is -0.351. The lowest BCUT2D eigenvalue weighted by Gasteiger charge is -2.23. The Morgan fingerprint density at radius 2 is 1.06 bits per heavy atom. The van der Waals surface area contributed by atoms with Crippen LogP contribution in [0.5, 0.6) is 0 Å². The lowest BCUT2D eigenvalue weighted by molar-refractivity contribution is 0.0979. The Morgan fingerprint density at radius 1 is 0.562 bits per heavy atom. The Morgan fingerprint density at radius 3 is 1.69 bits per heavy atom. The van der Waals surface area contributed by atoms with Gasteiger partial charge in [-0.2, -0.15) is 0 Å². The number of benzene rings is 4. The van der Waals surface area contributed by atoms with Gasteiger partial charge in [0.15, 0.2) is 11.6 Å². The number of nitrogens with one attached hydrogen (secondary N) is 2. The summed E-state index contributed by atoms with van der Waals surface area (Å²) >= 11 is 0. The summed E-state index contributed by atoms with van der Waals surface area (Å²) < 4.78 is 0. The Bertz CT molecular complexity index is 1360. The zero-order valence-corrected chi connectivity index (χ0v) is 17.0. The van der Waals surface area contributed by atoms with Gasteiger partial charge in [0.25, 0.3) is 5.91 Å². The smallest absolute Gasteiger partial charge is 0.255 e. The summed E-state index contributed by atoms with van der Waals surface area (Å²) in [5.74, 6) is -0.907. The fraction of sp³-hybridized carbons (Fsp3) is 0. The van der Waals surface area contributed by atoms with Crippen LogP contribution in [0.15, 0.2) is 97.1 Å². The first-order valence-corrected chi connectivity index (χ1v) is 10.2. The minimum absolute atomic E-state index is 0.193. The first kappa shape index (κ1) is 19.5. The third-order valence-electron chi connectivity index (χ3n) is 5.41. The van der Waals surface area contributed by atoms with Crippen molar-refractivity contribution in [3.05, 3.63) is 125 Å². The van der Waals surface area contributed by atoms with Crippen molar-refractivity contribution in [3.63, 3.8) is 0 Å². The number of anilines is 3. The molecule has 0 aromatic heterocycles. The SMILES string of the molecule is O=C(Nc1ccc(Nc2ccccc2)c2c1C(=O)c1ccccc1C2=O)c1ccccc1. The molecule has 1 aliphatic rings. The van der Waals surface area contributed by atoms with Crippen molar-refractivity contribution in [2.75, 3.05) is 10.6 Å². The highest BCUT2D eigenvalue weighted by atomic mass is 16.2. The van der Waals surface area contributed by atoms with E-state index in [0.29, 0.717) is 28.1 Å². The van der Waals surface area contributed by atoms with E-state index in [1.165, 1.54) is 0 Å². The number of rotatable bonds is 4. The van der Waals surface area contributed by atoms with Crippen LogP contribution in [0.2, 0.25) is 0 Å². The van der Waals surface area contributed by atoms with Crippen LogP contribution in [0.4, 0.5) is 17.1 Å². The number of hydrogen-bond donors (Lipinski definition) is 2. The largest absolute Gasteiger partial charge is 0.355 e. The number of amides is 1. The number of carbonyl (C=O) groups excluding carboxylic acids is 3. The maximum absolute atomic E-state index is 13.5. The topological polar surface area (TPSA) is 75.3 Å². The van der Waals surface area contributed by atoms with Gasteiger partial charge in [-0.25, -0.2) is 0 Å². The van der Waals surface area contributed by atoms with Crippen LogP contribution in [-0.2, 0) is 0 Å². The molecule has 0 saturated carbocycles. The van der Waals surface area contributed by atoms with Crippen molar-refractivity contribution in [1.82, 2.24) is 0 Å². The number of hydrogen-bond acceptors (Lipinski definition) is 4. The standard InChI is InChI=1S/C27H18N2O3/c30-25-19-13-7-8-14-20(19)26(31)24-22(29-27(32)17-9-3-1-4-10-17)16-15-21(23(24)25)28-18-11-5-2-6-12-18/h1-16,28H,(H,29,32). The molecule has 2 N–H and O–H groups in total. The molecule has 0 saturated heterocycles. The maximum Gasteiger partial charge on any atom is 0.255 e. The summed E-state index contributed by atoms with van der Waals surface area (Å²) in [5, 5.41) is 6.06. The van der Waals surface area contributed by atoms with E-state index in [2.05, 4.69) is 10.6 Å². The van der Waals surface area contributed by atoms with Gasteiger partial charge in [-0.15, -0.1) is 0 Å². The van der Waals surface area contributed by atoms with Gasteiger partial charge in [-0.05, 0) is 36.4 Å². The van der Waals surface area contributed by atoms with Crippen LogP contribution >= 0.6 is 0 Å². The average Bonchev–Trinajstić information content (AvgIpc) is 2.84. The molecular formula is C27H18N2O3. The van der Waals surface area contributed by atoms with Crippen LogP contribution in [0.3, 0.4) is 0 Å². The average molecular weight is 418 g/mol. The van der Waals surface area contributed by atoms with Gasteiger partial charge in [0.05, 0.1) is 22.5 Å². The predicted molar refractivity (Wildman–Crippen MR) is 124 cm³/mol. The normalized spacial score (nSPS) is 12.0. The molecule has 0 atom stereocenters. The first-order chi connectivity index (χ1) is 15.6. The van der Waals surface area contributed by atoms with Crippen molar-refractivity contribution in [2.45, 2.75) is 0 Å². The molecule has 1 amide bonds. The van der Waals surface area contributed by atoms with Gasteiger partial charge in [0.1, 0.15) is 0 Å². The quantitative estimate of drug-likeness (QED) is 0.407. The monoisotopic (exact) mass is 418 g/mol. The summed E-state index contributed by atoms with van der Waals surface area (Å²) in [6, 6.07) is 28.3. The Kier molecular flexibility index (Phi) is 4.84. The first-order valence-electron chi connectivity index (χ1n) is 10.2. The summed E-state index contributed by atoms with van der Waals surface area (Å²) in [4.78, 5) is 39.7. The molecule has 0 bridgehead atoms. The molecule has 4 aromatic rings. The van der Waals surface area contributed by atoms with Crippen LogP contribution in [0.1, 0.15) is 42.2 Å². The van der Waals surface area contributed by atoms with E-state index in [9.17, 15) is 14.4 Å². The zero-order valence-electron chi connectivity index (χ0n) is 17.0. The molecule has 154 valence electrons. The van der Waals surface area contributed by atoms with E-state index in [1.807, 2.05) is 36.4 Å². The third kappa shape index (κ3) is 3.36. The second-order valence-corrected chi connectivity index (χ2v) is 7.43. The van der Waals surface area contributed by atoms with E-state index in [1.54, 1.807) is 60.7 Å². The highest BCUT2D eigenvalue weighted by molar-refractivity contribution is 6.32. The van der Waals surface area contributed by atoms with Gasteiger partial charge in [0.2, 0.25) is 0 Å². The van der Waals surface area contributed by atoms with Gasteiger partial charge in [0, 0.05) is 22.4 Å². The molecule has 1 aliphatic carbocycles. The summed E-state index contributed by atoms with van der Waals surface area (Å²) in [5.41, 5.74) is 3.20. The van der Waals surface area contributed by atoms with Crippen LogP contribution in [0.25, 0.3) is 0 Å². The number of fused-ring (bicyclic) bond motifs is 2. The van der Waals surface area contributed by atoms with Crippen molar-refractivity contribution >= 4 is 34.5 Å². The second kappa shape index (κ2) is 7.96. The maximum atomic E-state index is 13.5. The predicted octanol–water partition coefficient (Wildman–Crippen LogP) is 5.46. The molecule has 0 radical (unpaired) electrons. The molecular weight excluding hydrogens is 400 g/mol. The van der Waals surface area contributed by atoms with Crippen LogP contribution < -0.4 is 10.6 Å². The van der Waals surface area contributed by atoms with Crippen molar-refractivity contribution in [3.8, 4) is 0 Å². The van der Waals surface area contributed by atoms with Crippen molar-refractivity contribution in [1.29, 1.82) is 0 Å². The van der Waals surface area contributed by atoms with Gasteiger partial charge < -0.3 is 10.6 Å². The van der Waals surface area contributed by atoms with Crippen LogP contribution in [0, 0.1) is 0 Å². The Hall–Kier alpha value is -4.51. The molecule has 0 fully saturated rings. The fourth-order valence-electron chi connectivity index (χ4n) is 3.89. The lowest BCUT2D eigenvalue weighted by atomic mass is 9.82. The second-order valence-electron chi connectivity index (χ2n) is 7.43. The highest BCUT2D eigenvalue weighted by Gasteiger charge is 2.34. The van der Waals surface area contributed by atoms with E-state index in [-0.39, 0.29) is 28.6 Å². The lowest BCUT2D eigenvalue weighted by Crippen LogP contribution is -2.25. The molecule has 0 heterocycles. The molecule has 4 aromatic carbocycles. The van der Waals surface area contributed by atoms with Crippen molar-refractivity contribution in [2.24, 2.45) is 0 Å². The van der Waals surface area contributed by atoms with Gasteiger partial charge in [-0.1, -0.05) is 60.7 Å². The van der Waals surface area contributed by atoms with Crippen molar-refractivity contribution < 1.29 is 14.4 Å². The highest BCUT2D eigenvalue weighted by Crippen LogP contribution is 2.37. The fourth-order valence-corrected chi connectivity index (χ4v) is 3.89. The van der Waals surface area contributed by atoms with E-state index in [0.717, 1.165) is 5.69 Å². The van der Waals surface area contributed by atoms with Gasteiger partial charge in [-0.3, -0.25) is 14.4 Å². The molecule has 0 aliphatic heterocycles. The van der Waals surface area contributed by atoms with E-state index >= 15 is 0 Å². The van der Waals surface area contributed by atoms with Crippen LogP contribution in [-0.4, -0.2) is 17.5 Å². The zero-order chi connectivity index (χ0) is 22.1. The molecule has 0 unspecified atom stereocenters. The van der Waals surface area contributed by atoms with E-state index in [4.69, 9.17) is 0 Å². The molecule has 5 rings (SSSR count). The Labute approximate surface area is 184 Å². The van der Waals surface area contributed by atoms with E-state index < -0.39 is 0 Å². The molecule has 0 spiro atoms. The third-order valence-corrected chi connectivity index (χ3v) is 5.41. The Balaban J connectivity index is 1.64.